The number of carbonyl (C=O) groups excluding carboxylic acids is 1. The van der Waals surface area contributed by atoms with Gasteiger partial charge in [-0.1, -0.05) is 0 Å². The van der Waals surface area contributed by atoms with Crippen molar-refractivity contribution in [3.8, 4) is 0 Å². The van der Waals surface area contributed by atoms with Gasteiger partial charge in [0.15, 0.2) is 6.29 Å². The van der Waals surface area contributed by atoms with E-state index in [-0.39, 0.29) is 0 Å². The van der Waals surface area contributed by atoms with Crippen molar-refractivity contribution in [2.75, 3.05) is 14.2 Å². The summed E-state index contributed by atoms with van der Waals surface area (Å²) in [4.78, 5) is 10.2. The first-order chi connectivity index (χ1) is 5.61. The van der Waals surface area contributed by atoms with Gasteiger partial charge in [-0.2, -0.15) is 0 Å². The van der Waals surface area contributed by atoms with Gasteiger partial charge in [0, 0.05) is 20.3 Å². The molecule has 0 rings (SSSR count). The van der Waals surface area contributed by atoms with E-state index in [9.17, 15) is 9.90 Å². The van der Waals surface area contributed by atoms with Crippen LogP contribution in [0.2, 0.25) is 0 Å². The number of aliphatic hydroxyl groups excluding tert-OH is 1. The van der Waals surface area contributed by atoms with E-state index in [0.717, 1.165) is 6.08 Å². The third-order valence-corrected chi connectivity index (χ3v) is 1.20. The summed E-state index contributed by atoms with van der Waals surface area (Å²) < 4.78 is 9.44. The Hall–Kier alpha value is -0.910. The van der Waals surface area contributed by atoms with Gasteiger partial charge in [0.25, 0.3) is 0 Å². The van der Waals surface area contributed by atoms with Crippen molar-refractivity contribution in [3.05, 3.63) is 12.2 Å². The monoisotopic (exact) mass is 175 g/mol. The highest BCUT2D eigenvalue weighted by Gasteiger charge is 2.14. The van der Waals surface area contributed by atoms with E-state index in [1.807, 2.05) is 0 Å². The molecule has 0 aliphatic rings. The van der Waals surface area contributed by atoms with Crippen LogP contribution in [-0.2, 0) is 14.3 Å². The number of methoxy groups -OCH3 is 2. The highest BCUT2D eigenvalue weighted by atomic mass is 16.7. The van der Waals surface area contributed by atoms with E-state index in [2.05, 4.69) is 0 Å². The van der Waals surface area contributed by atoms with Crippen LogP contribution in [-0.4, -0.2) is 37.6 Å². The summed E-state index contributed by atoms with van der Waals surface area (Å²) in [6, 6.07) is 0. The van der Waals surface area contributed by atoms with Gasteiger partial charge in [-0.05, 0) is 6.08 Å². The molecular weight excluding hydrogens is 162 g/mol. The van der Waals surface area contributed by atoms with Crippen molar-refractivity contribution in [2.24, 2.45) is 5.73 Å². The Morgan fingerprint density at radius 1 is 1.50 bits per heavy atom. The van der Waals surface area contributed by atoms with Gasteiger partial charge < -0.3 is 20.3 Å². The van der Waals surface area contributed by atoms with Gasteiger partial charge in [-0.15, -0.1) is 0 Å². The Kier molecular flexibility index (Phi) is 5.27. The average Bonchev–Trinajstić information content (AvgIpc) is 2.03. The maximum Gasteiger partial charge on any atom is 0.241 e. The lowest BCUT2D eigenvalue weighted by Crippen LogP contribution is -2.28. The number of hydrogen-bond donors (Lipinski definition) is 2. The molecule has 1 amide bonds. The number of rotatable bonds is 5. The first-order valence-corrected chi connectivity index (χ1v) is 3.33. The van der Waals surface area contributed by atoms with Crippen LogP contribution in [0.1, 0.15) is 0 Å². The van der Waals surface area contributed by atoms with Crippen molar-refractivity contribution in [3.63, 3.8) is 0 Å². The van der Waals surface area contributed by atoms with Crippen LogP contribution in [0.4, 0.5) is 0 Å². The number of carbonyl (C=O) groups is 1. The molecule has 0 spiro atoms. The number of hydrogen-bond acceptors (Lipinski definition) is 4. The van der Waals surface area contributed by atoms with Gasteiger partial charge in [-0.3, -0.25) is 4.79 Å². The van der Waals surface area contributed by atoms with E-state index in [1.54, 1.807) is 0 Å². The minimum absolute atomic E-state index is 0.625. The Labute approximate surface area is 70.8 Å². The number of aliphatic hydroxyl groups is 1. The van der Waals surface area contributed by atoms with Crippen molar-refractivity contribution >= 4 is 5.91 Å². The molecule has 0 heterocycles. The lowest BCUT2D eigenvalue weighted by atomic mass is 10.3. The Morgan fingerprint density at radius 3 is 2.33 bits per heavy atom. The first-order valence-electron chi connectivity index (χ1n) is 3.33. The molecular formula is C7H13NO4. The van der Waals surface area contributed by atoms with E-state index < -0.39 is 18.3 Å². The molecule has 0 bridgehead atoms. The minimum atomic E-state index is -0.993. The molecule has 0 saturated carbocycles. The molecule has 0 aromatic carbocycles. The lowest BCUT2D eigenvalue weighted by molar-refractivity contribution is -0.150. The zero-order chi connectivity index (χ0) is 9.56. The Balaban J connectivity index is 3.99. The zero-order valence-electron chi connectivity index (χ0n) is 7.06. The predicted octanol–water partition coefficient (Wildman–Crippen LogP) is -0.992. The van der Waals surface area contributed by atoms with Gasteiger partial charge in [0.2, 0.25) is 5.91 Å². The van der Waals surface area contributed by atoms with Gasteiger partial charge in [-0.25, -0.2) is 0 Å². The minimum Gasteiger partial charge on any atom is -0.384 e. The molecule has 0 aromatic rings. The molecule has 0 saturated heterocycles. The van der Waals surface area contributed by atoms with Crippen molar-refractivity contribution in [2.45, 2.75) is 12.4 Å². The van der Waals surface area contributed by atoms with Crippen LogP contribution in [0.25, 0.3) is 0 Å². The van der Waals surface area contributed by atoms with Gasteiger partial charge in [0.05, 0.1) is 0 Å². The van der Waals surface area contributed by atoms with Crippen LogP contribution in [0.5, 0.6) is 0 Å². The quantitative estimate of drug-likeness (QED) is 0.415. The molecule has 0 aliphatic heterocycles. The van der Waals surface area contributed by atoms with Crippen LogP contribution >= 0.6 is 0 Å². The lowest BCUT2D eigenvalue weighted by Gasteiger charge is -2.16. The second kappa shape index (κ2) is 5.70. The second-order valence-electron chi connectivity index (χ2n) is 2.09. The molecule has 0 fully saturated rings. The summed E-state index contributed by atoms with van der Waals surface area (Å²) in [5, 5.41) is 9.21. The van der Waals surface area contributed by atoms with E-state index in [0.29, 0.717) is 0 Å². The van der Waals surface area contributed by atoms with E-state index in [1.165, 1.54) is 20.3 Å². The maximum atomic E-state index is 10.2. The summed E-state index contributed by atoms with van der Waals surface area (Å²) in [6.07, 6.45) is 0.489. The fourth-order valence-corrected chi connectivity index (χ4v) is 0.659. The molecule has 0 unspecified atom stereocenters. The largest absolute Gasteiger partial charge is 0.384 e. The van der Waals surface area contributed by atoms with Crippen LogP contribution in [0.3, 0.4) is 0 Å². The van der Waals surface area contributed by atoms with Crippen molar-refractivity contribution in [1.82, 2.24) is 0 Å². The Morgan fingerprint density at radius 2 is 2.00 bits per heavy atom. The van der Waals surface area contributed by atoms with Crippen molar-refractivity contribution < 1.29 is 19.4 Å². The standard InChI is InChI=1S/C7H13NO4/c1-11-7(12-2)5(9)3-4-6(8)10/h3-5,7,9H,1-2H3,(H2,8,10)/b4-3+/t5-/m0/s1. The summed E-state index contributed by atoms with van der Waals surface area (Å²) in [5.74, 6) is -0.625. The summed E-state index contributed by atoms with van der Waals surface area (Å²) >= 11 is 0. The molecule has 0 aliphatic carbocycles. The third kappa shape index (κ3) is 4.07. The summed E-state index contributed by atoms with van der Waals surface area (Å²) in [7, 11) is 2.77. The molecule has 0 aromatic heterocycles. The number of amides is 1. The zero-order valence-corrected chi connectivity index (χ0v) is 7.06. The fourth-order valence-electron chi connectivity index (χ4n) is 0.659. The molecule has 1 atom stereocenters. The molecule has 0 radical (unpaired) electrons. The van der Waals surface area contributed by atoms with Gasteiger partial charge in [0.1, 0.15) is 6.10 Å². The molecule has 70 valence electrons. The SMILES string of the molecule is COC(OC)[C@@H](O)/C=C/C(N)=O. The molecule has 5 heteroatoms. The second-order valence-corrected chi connectivity index (χ2v) is 2.09. The number of nitrogens with two attached hydrogens (primary N) is 1. The van der Waals surface area contributed by atoms with Crippen LogP contribution < -0.4 is 5.73 Å². The first kappa shape index (κ1) is 11.1. The van der Waals surface area contributed by atoms with Gasteiger partial charge >= 0.3 is 0 Å². The summed E-state index contributed by atoms with van der Waals surface area (Å²) in [6.45, 7) is 0. The maximum absolute atomic E-state index is 10.2. The average molecular weight is 175 g/mol. The van der Waals surface area contributed by atoms with Crippen LogP contribution in [0.15, 0.2) is 12.2 Å². The Bertz CT molecular complexity index is 165. The topological polar surface area (TPSA) is 81.8 Å². The smallest absolute Gasteiger partial charge is 0.241 e. The number of ether oxygens (including phenoxy) is 2. The highest BCUT2D eigenvalue weighted by Crippen LogP contribution is 1.99. The third-order valence-electron chi connectivity index (χ3n) is 1.20. The van der Waals surface area contributed by atoms with Crippen molar-refractivity contribution in [1.29, 1.82) is 0 Å². The normalized spacial score (nSPS) is 14.0. The fraction of sp³-hybridized carbons (Fsp3) is 0.571. The highest BCUT2D eigenvalue weighted by molar-refractivity contribution is 5.85. The molecule has 3 N–H and O–H groups in total. The van der Waals surface area contributed by atoms with E-state index >= 15 is 0 Å². The molecule has 5 nitrogen and oxygen atoms in total. The molecule has 12 heavy (non-hydrogen) atoms. The van der Waals surface area contributed by atoms with Crippen LogP contribution in [0, 0.1) is 0 Å². The number of primary amides is 1. The summed E-state index contributed by atoms with van der Waals surface area (Å²) in [5.41, 5.74) is 4.81. The van der Waals surface area contributed by atoms with E-state index in [4.69, 9.17) is 15.2 Å². The predicted molar refractivity (Wildman–Crippen MR) is 42.1 cm³/mol.